The molecule has 2 heterocycles. The Hall–Kier alpha value is -2.22. The molecule has 3 rings (SSSR count). The first-order valence-electron chi connectivity index (χ1n) is 9.42. The first-order chi connectivity index (χ1) is 13.2. The topological polar surface area (TPSA) is 98.8 Å². The van der Waals surface area contributed by atoms with E-state index in [0.29, 0.717) is 18.2 Å². The Kier molecular flexibility index (Phi) is 6.98. The van der Waals surface area contributed by atoms with Crippen molar-refractivity contribution in [3.05, 3.63) is 53.4 Å². The molecular weight excluding hydrogens is 346 g/mol. The van der Waals surface area contributed by atoms with E-state index in [9.17, 15) is 4.79 Å². The smallest absolute Gasteiger partial charge is 0.273 e. The molecule has 146 valence electrons. The quantitative estimate of drug-likeness (QED) is 0.643. The minimum Gasteiger partial charge on any atom is -0.394 e. The van der Waals surface area contributed by atoms with E-state index in [4.69, 9.17) is 14.7 Å². The molecule has 0 radical (unpaired) electrons. The van der Waals surface area contributed by atoms with E-state index in [2.05, 4.69) is 39.6 Å². The van der Waals surface area contributed by atoms with E-state index in [1.165, 1.54) is 5.56 Å². The lowest BCUT2D eigenvalue weighted by Crippen LogP contribution is -2.40. The van der Waals surface area contributed by atoms with Gasteiger partial charge in [-0.2, -0.15) is 0 Å². The molecule has 1 saturated heterocycles. The maximum Gasteiger partial charge on any atom is 0.273 e. The van der Waals surface area contributed by atoms with Gasteiger partial charge in [-0.05, 0) is 43.8 Å². The average Bonchev–Trinajstić information content (AvgIpc) is 3.17. The molecule has 0 unspecified atom stereocenters. The van der Waals surface area contributed by atoms with Gasteiger partial charge in [-0.15, -0.1) is 0 Å². The van der Waals surface area contributed by atoms with Gasteiger partial charge in [-0.1, -0.05) is 35.5 Å². The lowest BCUT2D eigenvalue weighted by Gasteiger charge is -2.31. The van der Waals surface area contributed by atoms with Crippen LogP contribution in [0.2, 0.25) is 0 Å². The zero-order valence-corrected chi connectivity index (χ0v) is 15.4. The summed E-state index contributed by atoms with van der Waals surface area (Å²) in [5.41, 5.74) is 1.56. The van der Waals surface area contributed by atoms with Crippen molar-refractivity contribution in [1.82, 2.24) is 15.4 Å². The summed E-state index contributed by atoms with van der Waals surface area (Å²) in [6.45, 7) is 1.96. The van der Waals surface area contributed by atoms with Crippen molar-refractivity contribution in [2.45, 2.75) is 31.8 Å². The molecule has 1 fully saturated rings. The van der Waals surface area contributed by atoms with Crippen molar-refractivity contribution in [3.8, 4) is 0 Å². The fourth-order valence-corrected chi connectivity index (χ4v) is 3.42. The van der Waals surface area contributed by atoms with Crippen LogP contribution in [0, 0.1) is 5.92 Å². The molecule has 1 aromatic heterocycles. The predicted molar refractivity (Wildman–Crippen MR) is 100 cm³/mol. The summed E-state index contributed by atoms with van der Waals surface area (Å²) in [5.74, 6) is 0.888. The Labute approximate surface area is 159 Å². The van der Waals surface area contributed by atoms with Crippen LogP contribution in [-0.2, 0) is 13.0 Å². The molecule has 1 aliphatic rings. The zero-order chi connectivity index (χ0) is 19.1. The Morgan fingerprint density at radius 3 is 2.59 bits per heavy atom. The first-order valence-corrected chi connectivity index (χ1v) is 9.42. The number of nitrogens with zero attached hydrogens (tertiary/aromatic N) is 2. The van der Waals surface area contributed by atoms with E-state index >= 15 is 0 Å². The number of nitrogens with one attached hydrogen (secondary N) is 1. The van der Waals surface area contributed by atoms with E-state index < -0.39 is 11.9 Å². The van der Waals surface area contributed by atoms with Crippen LogP contribution in [0.15, 0.2) is 40.9 Å². The Morgan fingerprint density at radius 2 is 1.93 bits per heavy atom. The maximum atomic E-state index is 12.0. The van der Waals surface area contributed by atoms with Gasteiger partial charge in [0.25, 0.3) is 5.91 Å². The fourth-order valence-electron chi connectivity index (χ4n) is 3.42. The minimum atomic E-state index is -0.693. The van der Waals surface area contributed by atoms with Crippen molar-refractivity contribution < 1.29 is 19.5 Å². The number of likely N-dealkylation sites (tertiary alicyclic amines) is 1. The summed E-state index contributed by atoms with van der Waals surface area (Å²) in [6.07, 6.45) is 3.41. The lowest BCUT2D eigenvalue weighted by atomic mass is 9.90. The highest BCUT2D eigenvalue weighted by molar-refractivity contribution is 5.92. The number of hydrogen-bond donors (Lipinski definition) is 3. The lowest BCUT2D eigenvalue weighted by molar-refractivity contribution is 0.0870. The SMILES string of the molecule is O=C(NC(CO)CO)c1cc(CN2CCC(Cc3ccccc3)CC2)on1. The summed E-state index contributed by atoms with van der Waals surface area (Å²) in [7, 11) is 0. The van der Waals surface area contributed by atoms with E-state index in [-0.39, 0.29) is 18.9 Å². The highest BCUT2D eigenvalue weighted by atomic mass is 16.5. The number of carbonyl (C=O) groups is 1. The first kappa shape index (κ1) is 19.5. The van der Waals surface area contributed by atoms with Crippen LogP contribution in [-0.4, -0.2) is 58.5 Å². The molecule has 1 aliphatic heterocycles. The summed E-state index contributed by atoms with van der Waals surface area (Å²) < 4.78 is 5.28. The molecule has 0 aliphatic carbocycles. The van der Waals surface area contributed by atoms with Gasteiger partial charge in [0.05, 0.1) is 25.8 Å². The highest BCUT2D eigenvalue weighted by Gasteiger charge is 2.22. The Morgan fingerprint density at radius 1 is 1.22 bits per heavy atom. The number of hydrogen-bond acceptors (Lipinski definition) is 6. The molecule has 3 N–H and O–H groups in total. The third-order valence-electron chi connectivity index (χ3n) is 5.02. The summed E-state index contributed by atoms with van der Waals surface area (Å²) in [6, 6.07) is 11.5. The second-order valence-corrected chi connectivity index (χ2v) is 7.12. The van der Waals surface area contributed by atoms with Crippen LogP contribution in [0.4, 0.5) is 0 Å². The molecule has 7 nitrogen and oxygen atoms in total. The third kappa shape index (κ3) is 5.63. The van der Waals surface area contributed by atoms with Gasteiger partial charge in [-0.25, -0.2) is 0 Å². The molecule has 0 bridgehead atoms. The summed E-state index contributed by atoms with van der Waals surface area (Å²) in [4.78, 5) is 14.3. The fraction of sp³-hybridized carbons (Fsp3) is 0.500. The van der Waals surface area contributed by atoms with Crippen molar-refractivity contribution in [2.24, 2.45) is 5.92 Å². The van der Waals surface area contributed by atoms with Gasteiger partial charge in [0.2, 0.25) is 0 Å². The van der Waals surface area contributed by atoms with Crippen LogP contribution >= 0.6 is 0 Å². The predicted octanol–water partition coefficient (Wildman–Crippen LogP) is 1.21. The Bertz CT molecular complexity index is 707. The standard InChI is InChI=1S/C20H27N3O4/c24-13-17(14-25)21-20(26)19-11-18(27-22-19)12-23-8-6-16(7-9-23)10-15-4-2-1-3-5-15/h1-5,11,16-17,24-25H,6-10,12-14H2,(H,21,26). The molecule has 2 aromatic rings. The zero-order valence-electron chi connectivity index (χ0n) is 15.4. The van der Waals surface area contributed by atoms with Crippen molar-refractivity contribution in [1.29, 1.82) is 0 Å². The second kappa shape index (κ2) is 9.64. The number of benzene rings is 1. The number of aromatic nitrogens is 1. The van der Waals surface area contributed by atoms with E-state index in [0.717, 1.165) is 32.4 Å². The van der Waals surface area contributed by atoms with Crippen LogP contribution in [0.3, 0.4) is 0 Å². The summed E-state index contributed by atoms with van der Waals surface area (Å²) in [5, 5.41) is 24.4. The minimum absolute atomic E-state index is 0.163. The number of rotatable bonds is 8. The van der Waals surface area contributed by atoms with Gasteiger partial charge >= 0.3 is 0 Å². The number of aliphatic hydroxyl groups excluding tert-OH is 2. The number of carbonyl (C=O) groups excluding carboxylic acids is 1. The van der Waals surface area contributed by atoms with Crippen molar-refractivity contribution in [2.75, 3.05) is 26.3 Å². The molecular formula is C20H27N3O4. The monoisotopic (exact) mass is 373 g/mol. The average molecular weight is 373 g/mol. The molecule has 0 atom stereocenters. The van der Waals surface area contributed by atoms with Crippen molar-refractivity contribution >= 4 is 5.91 Å². The van der Waals surface area contributed by atoms with Crippen LogP contribution in [0.1, 0.15) is 34.7 Å². The van der Waals surface area contributed by atoms with Crippen LogP contribution in [0.25, 0.3) is 0 Å². The van der Waals surface area contributed by atoms with Gasteiger partial charge in [-0.3, -0.25) is 9.69 Å². The normalized spacial score (nSPS) is 16.0. The van der Waals surface area contributed by atoms with Crippen molar-refractivity contribution in [3.63, 3.8) is 0 Å². The van der Waals surface area contributed by atoms with Crippen LogP contribution in [0.5, 0.6) is 0 Å². The van der Waals surface area contributed by atoms with E-state index in [1.54, 1.807) is 6.07 Å². The third-order valence-corrected chi connectivity index (χ3v) is 5.02. The number of aliphatic hydroxyl groups is 2. The number of piperidine rings is 1. The Balaban J connectivity index is 1.45. The van der Waals surface area contributed by atoms with E-state index in [1.807, 2.05) is 6.07 Å². The molecule has 27 heavy (non-hydrogen) atoms. The molecule has 7 heteroatoms. The largest absolute Gasteiger partial charge is 0.394 e. The molecule has 1 aromatic carbocycles. The molecule has 0 spiro atoms. The van der Waals surface area contributed by atoms with Gasteiger partial charge in [0, 0.05) is 6.07 Å². The number of amides is 1. The molecule has 1 amide bonds. The highest BCUT2D eigenvalue weighted by Crippen LogP contribution is 2.23. The van der Waals surface area contributed by atoms with Crippen LogP contribution < -0.4 is 5.32 Å². The van der Waals surface area contributed by atoms with Gasteiger partial charge < -0.3 is 20.1 Å². The van der Waals surface area contributed by atoms with Gasteiger partial charge in [0.15, 0.2) is 11.5 Å². The summed E-state index contributed by atoms with van der Waals surface area (Å²) >= 11 is 0. The van der Waals surface area contributed by atoms with Gasteiger partial charge in [0.1, 0.15) is 0 Å². The second-order valence-electron chi connectivity index (χ2n) is 7.12. The molecule has 0 saturated carbocycles. The maximum absolute atomic E-state index is 12.0.